The summed E-state index contributed by atoms with van der Waals surface area (Å²) in [5.74, 6) is -0.174. The first-order valence-corrected chi connectivity index (χ1v) is 11.9. The fourth-order valence-electron chi connectivity index (χ4n) is 3.19. The van der Waals surface area contributed by atoms with Gasteiger partial charge in [-0.1, -0.05) is 41.5 Å². The fraction of sp³-hybridized carbons (Fsp3) is 0.333. The van der Waals surface area contributed by atoms with E-state index >= 15 is 0 Å². The molecule has 4 aromatic rings. The van der Waals surface area contributed by atoms with Crippen LogP contribution in [-0.4, -0.2) is 29.9 Å². The quantitative estimate of drug-likeness (QED) is 0.292. The zero-order valence-electron chi connectivity index (χ0n) is 21.4. The van der Waals surface area contributed by atoms with Crippen LogP contribution in [0.15, 0.2) is 55.4 Å². The summed E-state index contributed by atoms with van der Waals surface area (Å²) in [7, 11) is 0. The molecule has 9 heteroatoms. The van der Waals surface area contributed by atoms with Crippen LogP contribution in [0, 0.1) is 17.5 Å². The molecule has 0 aliphatic heterocycles. The van der Waals surface area contributed by atoms with Crippen LogP contribution in [0.3, 0.4) is 0 Å². The zero-order valence-corrected chi connectivity index (χ0v) is 21.4. The van der Waals surface area contributed by atoms with Gasteiger partial charge in [-0.05, 0) is 36.5 Å². The molecule has 0 aromatic carbocycles. The van der Waals surface area contributed by atoms with Crippen molar-refractivity contribution in [2.24, 2.45) is 0 Å². The van der Waals surface area contributed by atoms with Gasteiger partial charge in [-0.25, -0.2) is 33.1 Å². The molecule has 0 saturated carbocycles. The van der Waals surface area contributed by atoms with Gasteiger partial charge in [-0.3, -0.25) is 9.97 Å². The number of pyridine rings is 2. The molecule has 4 aromatic heterocycles. The highest BCUT2D eigenvalue weighted by Crippen LogP contribution is 2.27. The number of hydrogen-bond donors (Lipinski definition) is 0. The lowest BCUT2D eigenvalue weighted by atomic mass is 9.99. The minimum atomic E-state index is -0.524. The zero-order chi connectivity index (χ0) is 26.7. The molecule has 0 amide bonds. The van der Waals surface area contributed by atoms with Crippen molar-refractivity contribution in [1.29, 1.82) is 0 Å². The van der Waals surface area contributed by atoms with Gasteiger partial charge < -0.3 is 0 Å². The van der Waals surface area contributed by atoms with E-state index in [0.29, 0.717) is 22.6 Å². The lowest BCUT2D eigenvalue weighted by Gasteiger charge is -2.12. The highest BCUT2D eigenvalue weighted by molar-refractivity contribution is 5.59. The van der Waals surface area contributed by atoms with E-state index in [-0.39, 0.29) is 23.5 Å². The number of nitrogens with zero attached hydrogens (tertiary/aromatic N) is 6. The number of hydrogen-bond acceptors (Lipinski definition) is 6. The molecule has 1 atom stereocenters. The summed E-state index contributed by atoms with van der Waals surface area (Å²) in [6.07, 6.45) is 8.74. The molecule has 0 aliphatic carbocycles. The first-order valence-electron chi connectivity index (χ1n) is 11.9. The van der Waals surface area contributed by atoms with Gasteiger partial charge in [0, 0.05) is 23.5 Å². The lowest BCUT2D eigenvalue weighted by molar-refractivity contribution is 0.612. The van der Waals surface area contributed by atoms with Gasteiger partial charge in [-0.15, -0.1) is 0 Å². The Kier molecular flexibility index (Phi) is 11.1. The van der Waals surface area contributed by atoms with Crippen LogP contribution in [0.4, 0.5) is 13.2 Å². The van der Waals surface area contributed by atoms with Gasteiger partial charge in [-0.2, -0.15) is 0 Å². The minimum absolute atomic E-state index is 0.110. The molecule has 0 spiro atoms. The van der Waals surface area contributed by atoms with Crippen LogP contribution < -0.4 is 0 Å². The molecule has 0 fully saturated rings. The Hall–Kier alpha value is -3.75. The average molecular weight is 497 g/mol. The van der Waals surface area contributed by atoms with Gasteiger partial charge in [0.2, 0.25) is 0 Å². The van der Waals surface area contributed by atoms with Crippen LogP contribution in [0.5, 0.6) is 0 Å². The van der Waals surface area contributed by atoms with Crippen molar-refractivity contribution in [2.45, 2.75) is 59.8 Å². The van der Waals surface area contributed by atoms with E-state index in [1.807, 2.05) is 27.7 Å². The molecule has 6 nitrogen and oxygen atoms in total. The highest BCUT2D eigenvalue weighted by Gasteiger charge is 2.15. The van der Waals surface area contributed by atoms with E-state index < -0.39 is 11.6 Å². The first-order chi connectivity index (χ1) is 17.3. The second-order valence-corrected chi connectivity index (χ2v) is 7.93. The number of aromatic nitrogens is 6. The second kappa shape index (κ2) is 14.0. The molecular weight excluding hydrogens is 465 g/mol. The van der Waals surface area contributed by atoms with Crippen molar-refractivity contribution >= 4 is 0 Å². The molecule has 190 valence electrons. The largest absolute Gasteiger partial charge is 0.257 e. The molecule has 36 heavy (non-hydrogen) atoms. The standard InChI is InChI=1S/C13H14FN3.C12H11F2N3.C2H6/c1-3-9(2)12-11(7-10(14)8-17-12)13-15-5-4-6-16-13;1-7(2)11-10(3-8(13)4-15-11)12-16-5-9(14)6-17-12;1-2/h4-9H,3H2,1-2H3;3-7H,1-2H3;1-2H3. The Bertz CT molecular complexity index is 1220. The third-order valence-corrected chi connectivity index (χ3v) is 5.06. The summed E-state index contributed by atoms with van der Waals surface area (Å²) in [4.78, 5) is 24.2. The fourth-order valence-corrected chi connectivity index (χ4v) is 3.19. The van der Waals surface area contributed by atoms with Gasteiger partial charge in [0.15, 0.2) is 17.5 Å². The normalized spacial score (nSPS) is 11.2. The predicted molar refractivity (Wildman–Crippen MR) is 135 cm³/mol. The predicted octanol–water partition coefficient (Wildman–Crippen LogP) is 7.16. The van der Waals surface area contributed by atoms with Crippen LogP contribution in [-0.2, 0) is 0 Å². The Morgan fingerprint density at radius 2 is 1.08 bits per heavy atom. The van der Waals surface area contributed by atoms with Crippen LogP contribution >= 0.6 is 0 Å². The highest BCUT2D eigenvalue weighted by atomic mass is 19.1. The maximum atomic E-state index is 13.3. The lowest BCUT2D eigenvalue weighted by Crippen LogP contribution is -2.02. The number of rotatable bonds is 5. The van der Waals surface area contributed by atoms with E-state index in [4.69, 9.17) is 0 Å². The number of halogens is 3. The minimum Gasteiger partial charge on any atom is -0.257 e. The molecule has 4 heterocycles. The molecule has 1 unspecified atom stereocenters. The summed E-state index contributed by atoms with van der Waals surface area (Å²) < 4.78 is 39.2. The van der Waals surface area contributed by atoms with E-state index in [1.54, 1.807) is 18.5 Å². The van der Waals surface area contributed by atoms with Crippen LogP contribution in [0.1, 0.15) is 71.2 Å². The van der Waals surface area contributed by atoms with Gasteiger partial charge in [0.25, 0.3) is 0 Å². The van der Waals surface area contributed by atoms with Crippen LogP contribution in [0.25, 0.3) is 22.8 Å². The molecule has 0 aliphatic rings. The summed E-state index contributed by atoms with van der Waals surface area (Å²) in [5, 5.41) is 0. The molecule has 0 N–H and O–H groups in total. The second-order valence-electron chi connectivity index (χ2n) is 7.93. The third kappa shape index (κ3) is 7.63. The molecule has 4 rings (SSSR count). The molecule has 0 radical (unpaired) electrons. The maximum absolute atomic E-state index is 13.3. The van der Waals surface area contributed by atoms with Gasteiger partial charge in [0.1, 0.15) is 11.6 Å². The summed E-state index contributed by atoms with van der Waals surface area (Å²) >= 11 is 0. The third-order valence-electron chi connectivity index (χ3n) is 5.06. The van der Waals surface area contributed by atoms with E-state index in [2.05, 4.69) is 43.8 Å². The van der Waals surface area contributed by atoms with Crippen molar-refractivity contribution in [3.05, 3.63) is 84.2 Å². The first kappa shape index (κ1) is 28.5. The molecule has 0 saturated heterocycles. The Labute approximate surface area is 210 Å². The summed E-state index contributed by atoms with van der Waals surface area (Å²) in [6.45, 7) is 12.0. The Morgan fingerprint density at radius 1 is 0.639 bits per heavy atom. The summed E-state index contributed by atoms with van der Waals surface area (Å²) in [6, 6.07) is 4.50. The SMILES string of the molecule is CC.CC(C)c1ncc(F)cc1-c1ncc(F)cn1.CCC(C)c1ncc(F)cc1-c1ncccn1. The van der Waals surface area contributed by atoms with E-state index in [9.17, 15) is 13.2 Å². The average Bonchev–Trinajstić information content (AvgIpc) is 2.90. The van der Waals surface area contributed by atoms with Crippen molar-refractivity contribution in [3.63, 3.8) is 0 Å². The van der Waals surface area contributed by atoms with Crippen molar-refractivity contribution < 1.29 is 13.2 Å². The van der Waals surface area contributed by atoms with E-state index in [0.717, 1.165) is 30.7 Å². The topological polar surface area (TPSA) is 77.3 Å². The van der Waals surface area contributed by atoms with Gasteiger partial charge >= 0.3 is 0 Å². The molecular formula is C27H31F3N6. The van der Waals surface area contributed by atoms with Gasteiger partial charge in [0.05, 0.1) is 36.2 Å². The Morgan fingerprint density at radius 3 is 1.58 bits per heavy atom. The Balaban J connectivity index is 0.000000237. The molecule has 0 bridgehead atoms. The van der Waals surface area contributed by atoms with Crippen molar-refractivity contribution in [1.82, 2.24) is 29.9 Å². The smallest absolute Gasteiger partial charge is 0.161 e. The van der Waals surface area contributed by atoms with Crippen molar-refractivity contribution in [2.75, 3.05) is 0 Å². The monoisotopic (exact) mass is 496 g/mol. The van der Waals surface area contributed by atoms with Crippen LogP contribution in [0.2, 0.25) is 0 Å². The van der Waals surface area contributed by atoms with E-state index in [1.165, 1.54) is 18.3 Å². The summed E-state index contributed by atoms with van der Waals surface area (Å²) in [5.41, 5.74) is 2.72. The maximum Gasteiger partial charge on any atom is 0.161 e. The van der Waals surface area contributed by atoms with Crippen molar-refractivity contribution in [3.8, 4) is 22.8 Å².